The summed E-state index contributed by atoms with van der Waals surface area (Å²) in [6.07, 6.45) is 2.16. The molecule has 0 aliphatic carbocycles. The first-order valence-electron chi connectivity index (χ1n) is 6.56. The molecule has 0 saturated carbocycles. The zero-order chi connectivity index (χ0) is 16.7. The monoisotopic (exact) mass is 321 g/mol. The van der Waals surface area contributed by atoms with Crippen LogP contribution in [0.3, 0.4) is 0 Å². The first kappa shape index (κ1) is 17.5. The van der Waals surface area contributed by atoms with E-state index in [0.29, 0.717) is 16.3 Å². The van der Waals surface area contributed by atoms with E-state index in [0.717, 1.165) is 6.42 Å². The summed E-state index contributed by atoms with van der Waals surface area (Å²) >= 11 is 6.11. The lowest BCUT2D eigenvalue weighted by Gasteiger charge is -2.14. The Kier molecular flexibility index (Phi) is 6.42. The maximum atomic E-state index is 11.6. The van der Waals surface area contributed by atoms with Crippen molar-refractivity contribution >= 4 is 29.6 Å². The predicted octanol–water partition coefficient (Wildman–Crippen LogP) is 2.62. The van der Waals surface area contributed by atoms with Crippen molar-refractivity contribution in [2.24, 2.45) is 5.73 Å². The van der Waals surface area contributed by atoms with Crippen molar-refractivity contribution in [3.63, 3.8) is 0 Å². The van der Waals surface area contributed by atoms with E-state index in [9.17, 15) is 9.59 Å². The highest BCUT2D eigenvalue weighted by molar-refractivity contribution is 6.32. The number of urea groups is 1. The van der Waals surface area contributed by atoms with Crippen LogP contribution in [0.4, 0.5) is 4.79 Å². The van der Waals surface area contributed by atoms with E-state index >= 15 is 0 Å². The summed E-state index contributed by atoms with van der Waals surface area (Å²) in [5, 5.41) is 11.1. The third kappa shape index (κ3) is 5.11. The van der Waals surface area contributed by atoms with Crippen molar-refractivity contribution < 1.29 is 14.3 Å². The van der Waals surface area contributed by atoms with Gasteiger partial charge in [0.2, 0.25) is 0 Å². The van der Waals surface area contributed by atoms with Crippen molar-refractivity contribution in [2.45, 2.75) is 26.4 Å². The van der Waals surface area contributed by atoms with Gasteiger partial charge >= 0.3 is 6.03 Å². The summed E-state index contributed by atoms with van der Waals surface area (Å²) in [5.74, 6) is -0.348. The molecule has 0 aliphatic rings. The maximum Gasteiger partial charge on any atom is 0.319 e. The highest BCUT2D eigenvalue weighted by Crippen LogP contribution is 2.27. The molecule has 1 aromatic carbocycles. The van der Waals surface area contributed by atoms with E-state index in [-0.39, 0.29) is 11.7 Å². The molecule has 0 unspecified atom stereocenters. The minimum Gasteiger partial charge on any atom is -0.489 e. The van der Waals surface area contributed by atoms with E-state index in [1.165, 1.54) is 6.08 Å². The Morgan fingerprint density at radius 1 is 1.55 bits per heavy atom. The number of hydrogen-bond acceptors (Lipinski definition) is 4. The highest BCUT2D eigenvalue weighted by atomic mass is 35.5. The van der Waals surface area contributed by atoms with Gasteiger partial charge in [0.1, 0.15) is 17.4 Å². The SMILES string of the molecule is CC[C@@H](C)Oc1ccc(/C=C(/C#N)C(=O)NC(N)=O)cc1Cl. The Morgan fingerprint density at radius 2 is 2.23 bits per heavy atom. The summed E-state index contributed by atoms with van der Waals surface area (Å²) in [6, 6.07) is 5.54. The zero-order valence-electron chi connectivity index (χ0n) is 12.2. The van der Waals surface area contributed by atoms with Gasteiger partial charge in [-0.2, -0.15) is 5.26 Å². The average Bonchev–Trinajstić information content (AvgIpc) is 2.46. The summed E-state index contributed by atoms with van der Waals surface area (Å²) < 4.78 is 5.62. The van der Waals surface area contributed by atoms with Gasteiger partial charge in [0.15, 0.2) is 0 Å². The number of rotatable bonds is 5. The number of carbonyl (C=O) groups excluding carboxylic acids is 2. The van der Waals surface area contributed by atoms with Crippen LogP contribution in [0.1, 0.15) is 25.8 Å². The first-order chi connectivity index (χ1) is 10.4. The third-order valence-electron chi connectivity index (χ3n) is 2.77. The second-order valence-electron chi connectivity index (χ2n) is 4.51. The molecular formula is C15H16ClN3O3. The van der Waals surface area contributed by atoms with Crippen LogP contribution in [-0.4, -0.2) is 18.0 Å². The largest absolute Gasteiger partial charge is 0.489 e. The fourth-order valence-corrected chi connectivity index (χ4v) is 1.73. The Hall–Kier alpha value is -2.52. The molecule has 3 N–H and O–H groups in total. The fourth-order valence-electron chi connectivity index (χ4n) is 1.50. The van der Waals surface area contributed by atoms with Crippen LogP contribution in [0.2, 0.25) is 5.02 Å². The number of nitriles is 1. The number of benzene rings is 1. The molecule has 0 aromatic heterocycles. The molecule has 0 bridgehead atoms. The normalized spacial score (nSPS) is 12.2. The molecule has 0 saturated heterocycles. The molecule has 0 spiro atoms. The lowest BCUT2D eigenvalue weighted by atomic mass is 10.1. The second kappa shape index (κ2) is 8.05. The van der Waals surface area contributed by atoms with Gasteiger partial charge in [0.25, 0.3) is 5.91 Å². The average molecular weight is 322 g/mol. The van der Waals surface area contributed by atoms with Crippen LogP contribution in [0.15, 0.2) is 23.8 Å². The van der Waals surface area contributed by atoms with Gasteiger partial charge in [-0.3, -0.25) is 10.1 Å². The molecular weight excluding hydrogens is 306 g/mol. The van der Waals surface area contributed by atoms with Crippen LogP contribution >= 0.6 is 11.6 Å². The van der Waals surface area contributed by atoms with E-state index in [2.05, 4.69) is 0 Å². The van der Waals surface area contributed by atoms with Gasteiger partial charge in [0.05, 0.1) is 11.1 Å². The van der Waals surface area contributed by atoms with Crippen molar-refractivity contribution in [1.29, 1.82) is 5.26 Å². The van der Waals surface area contributed by atoms with E-state index in [1.54, 1.807) is 24.3 Å². The standard InChI is InChI=1S/C15H16ClN3O3/c1-3-9(2)22-13-5-4-10(7-12(13)16)6-11(8-17)14(20)19-15(18)21/h4-7,9H,3H2,1-2H3,(H3,18,19,20,21)/b11-6-/t9-/m1/s1. The Bertz CT molecular complexity index is 650. The Labute approximate surface area is 133 Å². The molecule has 3 amide bonds. The lowest BCUT2D eigenvalue weighted by molar-refractivity contribution is -0.115. The number of nitrogens with zero attached hydrogens (tertiary/aromatic N) is 1. The Balaban J connectivity index is 3.00. The number of halogens is 1. The van der Waals surface area contributed by atoms with E-state index in [1.807, 2.05) is 19.2 Å². The van der Waals surface area contributed by atoms with Gasteiger partial charge < -0.3 is 10.5 Å². The number of imide groups is 1. The molecule has 0 radical (unpaired) electrons. The molecule has 1 aromatic rings. The summed E-state index contributed by atoms with van der Waals surface area (Å²) in [4.78, 5) is 22.2. The summed E-state index contributed by atoms with van der Waals surface area (Å²) in [6.45, 7) is 3.91. The molecule has 0 heterocycles. The number of nitrogens with one attached hydrogen (secondary N) is 1. The van der Waals surface area contributed by atoms with E-state index in [4.69, 9.17) is 27.3 Å². The molecule has 7 heteroatoms. The first-order valence-corrected chi connectivity index (χ1v) is 6.94. The number of nitrogens with two attached hydrogens (primary N) is 1. The van der Waals surface area contributed by atoms with E-state index < -0.39 is 11.9 Å². The smallest absolute Gasteiger partial charge is 0.319 e. The maximum absolute atomic E-state index is 11.6. The number of primary amides is 1. The van der Waals surface area contributed by atoms with Gasteiger partial charge in [-0.25, -0.2) is 4.79 Å². The van der Waals surface area contributed by atoms with Crippen molar-refractivity contribution in [1.82, 2.24) is 5.32 Å². The molecule has 1 atom stereocenters. The molecule has 0 fully saturated rings. The quantitative estimate of drug-likeness (QED) is 0.642. The topological polar surface area (TPSA) is 105 Å². The molecule has 1 rings (SSSR count). The number of ether oxygens (including phenoxy) is 1. The molecule has 116 valence electrons. The van der Waals surface area contributed by atoms with Crippen molar-refractivity contribution in [2.75, 3.05) is 0 Å². The lowest BCUT2D eigenvalue weighted by Crippen LogP contribution is -2.35. The third-order valence-corrected chi connectivity index (χ3v) is 3.07. The fraction of sp³-hybridized carbons (Fsp3) is 0.267. The van der Waals surface area contributed by atoms with Gasteiger partial charge in [-0.05, 0) is 37.1 Å². The molecule has 0 aliphatic heterocycles. The van der Waals surface area contributed by atoms with Crippen LogP contribution in [0, 0.1) is 11.3 Å². The minimum absolute atomic E-state index is 0.0231. The summed E-state index contributed by atoms with van der Waals surface area (Å²) in [5.41, 5.74) is 5.10. The Morgan fingerprint density at radius 3 is 2.73 bits per heavy atom. The predicted molar refractivity (Wildman–Crippen MR) is 83.1 cm³/mol. The number of amides is 3. The van der Waals surface area contributed by atoms with Crippen LogP contribution < -0.4 is 15.8 Å². The van der Waals surface area contributed by atoms with Crippen molar-refractivity contribution in [3.8, 4) is 11.8 Å². The van der Waals surface area contributed by atoms with Crippen LogP contribution in [0.5, 0.6) is 5.75 Å². The number of carbonyl (C=O) groups is 2. The van der Waals surface area contributed by atoms with Gasteiger partial charge in [-0.1, -0.05) is 24.6 Å². The van der Waals surface area contributed by atoms with Gasteiger partial charge in [0, 0.05) is 0 Å². The zero-order valence-corrected chi connectivity index (χ0v) is 13.0. The molecule has 22 heavy (non-hydrogen) atoms. The van der Waals surface area contributed by atoms with Crippen molar-refractivity contribution in [3.05, 3.63) is 34.4 Å². The van der Waals surface area contributed by atoms with Gasteiger partial charge in [-0.15, -0.1) is 0 Å². The van der Waals surface area contributed by atoms with Crippen LogP contribution in [-0.2, 0) is 4.79 Å². The highest BCUT2D eigenvalue weighted by Gasteiger charge is 2.12. The minimum atomic E-state index is -1.03. The second-order valence-corrected chi connectivity index (χ2v) is 4.92. The number of hydrogen-bond donors (Lipinski definition) is 2. The summed E-state index contributed by atoms with van der Waals surface area (Å²) in [7, 11) is 0. The molecule has 6 nitrogen and oxygen atoms in total. The van der Waals surface area contributed by atoms with Crippen LogP contribution in [0.25, 0.3) is 6.08 Å².